The van der Waals surface area contributed by atoms with E-state index in [4.69, 9.17) is 10.5 Å². The molecule has 0 radical (unpaired) electrons. The van der Waals surface area contributed by atoms with Gasteiger partial charge in [-0.2, -0.15) is 0 Å². The fourth-order valence-electron chi connectivity index (χ4n) is 3.88. The number of benzene rings is 2. The van der Waals surface area contributed by atoms with Crippen LogP contribution in [-0.2, 0) is 28.9 Å². The van der Waals surface area contributed by atoms with Gasteiger partial charge in [0.05, 0.1) is 18.8 Å². The molecule has 0 amide bonds. The zero-order valence-corrected chi connectivity index (χ0v) is 17.6. The minimum Gasteiger partial charge on any atom is -0.378 e. The molecule has 1 atom stereocenters. The molecule has 1 fully saturated rings. The molecule has 5 nitrogen and oxygen atoms in total. The molecular formula is C24H33N3O2. The Balaban J connectivity index is 1.67. The van der Waals surface area contributed by atoms with Crippen molar-refractivity contribution in [2.75, 3.05) is 45.3 Å². The van der Waals surface area contributed by atoms with Crippen LogP contribution in [0.5, 0.6) is 0 Å². The first-order chi connectivity index (χ1) is 14.1. The highest BCUT2D eigenvalue weighted by molar-refractivity contribution is 5.65. The molecule has 0 aromatic heterocycles. The molecule has 0 saturated carbocycles. The predicted octanol–water partition coefficient (Wildman–Crippen LogP) is 2.66. The molecular weight excluding hydrogens is 362 g/mol. The van der Waals surface area contributed by atoms with Crippen molar-refractivity contribution >= 4 is 12.0 Å². The molecule has 1 saturated heterocycles. The highest BCUT2D eigenvalue weighted by Crippen LogP contribution is 2.25. The molecule has 5 heteroatoms. The van der Waals surface area contributed by atoms with Crippen LogP contribution in [0.15, 0.2) is 48.5 Å². The number of anilines is 1. The number of hydrogen-bond donors (Lipinski definition) is 1. The maximum atomic E-state index is 12.2. The van der Waals surface area contributed by atoms with Gasteiger partial charge in [0.2, 0.25) is 0 Å². The first-order valence-corrected chi connectivity index (χ1v) is 10.4. The second-order valence-electron chi connectivity index (χ2n) is 8.08. The van der Waals surface area contributed by atoms with E-state index in [-0.39, 0.29) is 0 Å². The quantitative estimate of drug-likeness (QED) is 0.662. The summed E-state index contributed by atoms with van der Waals surface area (Å²) in [5.74, 6) is 0. The third kappa shape index (κ3) is 5.44. The Hall–Kier alpha value is -2.21. The average molecular weight is 396 g/mol. The van der Waals surface area contributed by atoms with Crippen molar-refractivity contribution in [3.05, 3.63) is 65.2 Å². The minimum atomic E-state index is -0.521. The largest absolute Gasteiger partial charge is 0.378 e. The first-order valence-electron chi connectivity index (χ1n) is 10.4. The lowest BCUT2D eigenvalue weighted by molar-refractivity contribution is -0.117. The van der Waals surface area contributed by atoms with Gasteiger partial charge < -0.3 is 20.2 Å². The molecule has 1 heterocycles. The third-order valence-corrected chi connectivity index (χ3v) is 6.04. The summed E-state index contributed by atoms with van der Waals surface area (Å²) in [6.45, 7) is 4.00. The Morgan fingerprint density at radius 1 is 1.00 bits per heavy atom. The number of hydrogen-bond acceptors (Lipinski definition) is 5. The van der Waals surface area contributed by atoms with E-state index in [1.165, 1.54) is 11.3 Å². The average Bonchev–Trinajstić information content (AvgIpc) is 2.78. The van der Waals surface area contributed by atoms with E-state index in [1.807, 2.05) is 26.2 Å². The fraction of sp³-hybridized carbons (Fsp3) is 0.458. The molecule has 0 aliphatic carbocycles. The van der Waals surface area contributed by atoms with Crippen LogP contribution in [0.25, 0.3) is 0 Å². The molecule has 1 aliphatic heterocycles. The van der Waals surface area contributed by atoms with Gasteiger partial charge in [-0.3, -0.25) is 4.90 Å². The summed E-state index contributed by atoms with van der Waals surface area (Å²) in [6.07, 6.45) is 3.45. The Labute approximate surface area is 174 Å². The van der Waals surface area contributed by atoms with Crippen molar-refractivity contribution < 1.29 is 9.53 Å². The summed E-state index contributed by atoms with van der Waals surface area (Å²) >= 11 is 0. The first kappa shape index (κ1) is 21.5. The monoisotopic (exact) mass is 395 g/mol. The topological polar surface area (TPSA) is 58.8 Å². The van der Waals surface area contributed by atoms with Crippen LogP contribution < -0.4 is 10.6 Å². The van der Waals surface area contributed by atoms with Gasteiger partial charge in [-0.15, -0.1) is 0 Å². The molecule has 29 heavy (non-hydrogen) atoms. The molecule has 3 rings (SSSR count). The fourth-order valence-corrected chi connectivity index (χ4v) is 3.88. The summed E-state index contributed by atoms with van der Waals surface area (Å²) in [6, 6.07) is 17.0. The van der Waals surface area contributed by atoms with Crippen LogP contribution in [0, 0.1) is 0 Å². The molecule has 2 aromatic rings. The molecule has 2 N–H and O–H groups in total. The molecule has 156 valence electrons. The summed E-state index contributed by atoms with van der Waals surface area (Å²) in [4.78, 5) is 16.6. The number of rotatable bonds is 9. The number of carbonyl (C=O) groups is 1. The maximum absolute atomic E-state index is 12.2. The van der Waals surface area contributed by atoms with E-state index in [0.717, 1.165) is 56.6 Å². The number of aldehydes is 1. The van der Waals surface area contributed by atoms with Crippen LogP contribution in [-0.4, -0.2) is 57.1 Å². The van der Waals surface area contributed by atoms with Crippen molar-refractivity contribution in [3.8, 4) is 0 Å². The lowest BCUT2D eigenvalue weighted by Crippen LogP contribution is -2.48. The van der Waals surface area contributed by atoms with E-state index in [2.05, 4.69) is 46.2 Å². The minimum absolute atomic E-state index is 0.521. The van der Waals surface area contributed by atoms with Gasteiger partial charge in [-0.25, -0.2) is 0 Å². The molecule has 0 bridgehead atoms. The van der Waals surface area contributed by atoms with Gasteiger partial charge in [0.15, 0.2) is 0 Å². The third-order valence-electron chi connectivity index (χ3n) is 6.04. The molecule has 1 unspecified atom stereocenters. The Morgan fingerprint density at radius 3 is 2.14 bits per heavy atom. The Morgan fingerprint density at radius 2 is 1.59 bits per heavy atom. The van der Waals surface area contributed by atoms with Crippen molar-refractivity contribution in [1.29, 1.82) is 0 Å². The lowest BCUT2D eigenvalue weighted by Gasteiger charge is -2.35. The van der Waals surface area contributed by atoms with Crippen molar-refractivity contribution in [3.63, 3.8) is 0 Å². The van der Waals surface area contributed by atoms with E-state index < -0.39 is 5.54 Å². The van der Waals surface area contributed by atoms with E-state index in [0.29, 0.717) is 13.0 Å². The number of carbonyl (C=O) groups excluding carboxylic acids is 1. The second-order valence-corrected chi connectivity index (χ2v) is 8.08. The number of nitrogens with two attached hydrogens (primary N) is 1. The van der Waals surface area contributed by atoms with Crippen LogP contribution in [0.1, 0.15) is 23.1 Å². The summed E-state index contributed by atoms with van der Waals surface area (Å²) in [7, 11) is 3.98. The van der Waals surface area contributed by atoms with E-state index >= 15 is 0 Å². The van der Waals surface area contributed by atoms with Gasteiger partial charge in [0, 0.05) is 25.3 Å². The smallest absolute Gasteiger partial charge is 0.140 e. The van der Waals surface area contributed by atoms with Crippen LogP contribution in [0.4, 0.5) is 5.69 Å². The summed E-state index contributed by atoms with van der Waals surface area (Å²) < 4.78 is 5.43. The van der Waals surface area contributed by atoms with Gasteiger partial charge in [-0.05, 0) is 62.2 Å². The maximum Gasteiger partial charge on any atom is 0.140 e. The molecule has 1 aliphatic rings. The van der Waals surface area contributed by atoms with E-state index in [1.54, 1.807) is 0 Å². The standard InChI is InChI=1S/C24H33N3O2/c1-26(2)24(19-28,17-21-3-5-22(18-25)6-4-21)12-11-20-7-9-23(10-8-20)27-13-15-29-16-14-27/h3-10,19H,11-18,25H2,1-2H3. The highest BCUT2D eigenvalue weighted by Gasteiger charge is 2.32. The van der Waals surface area contributed by atoms with Gasteiger partial charge in [0.25, 0.3) is 0 Å². The van der Waals surface area contributed by atoms with Gasteiger partial charge >= 0.3 is 0 Å². The number of nitrogens with zero attached hydrogens (tertiary/aromatic N) is 2. The Bertz CT molecular complexity index is 768. The van der Waals surface area contributed by atoms with Crippen LogP contribution in [0.2, 0.25) is 0 Å². The number of ether oxygens (including phenoxy) is 1. The highest BCUT2D eigenvalue weighted by atomic mass is 16.5. The Kier molecular flexibility index (Phi) is 7.42. The zero-order chi connectivity index (χ0) is 20.7. The van der Waals surface area contributed by atoms with Crippen molar-refractivity contribution in [2.45, 2.75) is 31.3 Å². The van der Waals surface area contributed by atoms with Gasteiger partial charge in [-0.1, -0.05) is 36.4 Å². The number of aryl methyl sites for hydroxylation is 1. The normalized spacial score (nSPS) is 16.6. The second kappa shape index (κ2) is 10.0. The van der Waals surface area contributed by atoms with Crippen LogP contribution >= 0.6 is 0 Å². The van der Waals surface area contributed by atoms with Crippen molar-refractivity contribution in [2.24, 2.45) is 5.73 Å². The lowest BCUT2D eigenvalue weighted by atomic mass is 9.85. The number of morpholine rings is 1. The zero-order valence-electron chi connectivity index (χ0n) is 17.6. The predicted molar refractivity (Wildman–Crippen MR) is 118 cm³/mol. The van der Waals surface area contributed by atoms with Crippen molar-refractivity contribution in [1.82, 2.24) is 4.90 Å². The molecule has 2 aromatic carbocycles. The van der Waals surface area contributed by atoms with E-state index in [9.17, 15) is 4.79 Å². The molecule has 0 spiro atoms. The SMILES string of the molecule is CN(C)C(C=O)(CCc1ccc(N2CCOCC2)cc1)Cc1ccc(CN)cc1. The van der Waals surface area contributed by atoms with Gasteiger partial charge in [0.1, 0.15) is 6.29 Å². The van der Waals surface area contributed by atoms with Crippen LogP contribution in [0.3, 0.4) is 0 Å². The number of likely N-dealkylation sites (N-methyl/N-ethyl adjacent to an activating group) is 1. The summed E-state index contributed by atoms with van der Waals surface area (Å²) in [5.41, 5.74) is 9.94. The summed E-state index contributed by atoms with van der Waals surface area (Å²) in [5, 5.41) is 0.